The average molecular weight is 467 g/mol. The number of ether oxygens (including phenoxy) is 1. The van der Waals surface area contributed by atoms with Gasteiger partial charge < -0.3 is 15.0 Å². The number of carbonyl (C=O) groups is 2. The molecule has 0 unspecified atom stereocenters. The van der Waals surface area contributed by atoms with Crippen LogP contribution in [0.4, 0.5) is 5.69 Å². The minimum absolute atomic E-state index is 0.122. The molecule has 1 aliphatic rings. The predicted octanol–water partition coefficient (Wildman–Crippen LogP) is 3.70. The van der Waals surface area contributed by atoms with E-state index in [0.717, 1.165) is 17.5 Å². The normalized spacial score (nSPS) is 14.6. The SMILES string of the molecule is O=C(NCCc1ccccc1)[C@@H]1CN(C(=O)c2cnn(Cc3ccccc3)c2)c2ccccc2O1. The smallest absolute Gasteiger partial charge is 0.262 e. The number of anilines is 1. The topological polar surface area (TPSA) is 76.5 Å². The molecule has 4 aromatic rings. The first-order valence-electron chi connectivity index (χ1n) is 11.6. The van der Waals surface area contributed by atoms with Crippen LogP contribution in [0.1, 0.15) is 21.5 Å². The Morgan fingerprint density at radius 1 is 0.914 bits per heavy atom. The van der Waals surface area contributed by atoms with Gasteiger partial charge in [0.15, 0.2) is 6.10 Å². The van der Waals surface area contributed by atoms with E-state index in [4.69, 9.17) is 4.74 Å². The molecular formula is C28H26N4O3. The molecule has 5 rings (SSSR count). The lowest BCUT2D eigenvalue weighted by atomic mass is 10.1. The van der Waals surface area contributed by atoms with E-state index in [-0.39, 0.29) is 18.4 Å². The molecule has 0 aliphatic carbocycles. The van der Waals surface area contributed by atoms with Gasteiger partial charge in [-0.3, -0.25) is 14.3 Å². The van der Waals surface area contributed by atoms with Crippen molar-refractivity contribution in [2.45, 2.75) is 19.1 Å². The minimum atomic E-state index is -0.802. The molecule has 1 aromatic heterocycles. The standard InChI is InChI=1S/C28H26N4O3/c33-27(29-16-15-21-9-3-1-4-10-21)26-20-32(24-13-7-8-14-25(24)35-26)28(34)23-17-30-31(19-23)18-22-11-5-2-6-12-22/h1-14,17,19,26H,15-16,18,20H2,(H,29,33)/t26-/m0/s1. The summed E-state index contributed by atoms with van der Waals surface area (Å²) in [6.45, 7) is 1.18. The number of nitrogens with zero attached hydrogens (tertiary/aromatic N) is 3. The Morgan fingerprint density at radius 3 is 2.37 bits per heavy atom. The van der Waals surface area contributed by atoms with Crippen LogP contribution >= 0.6 is 0 Å². The fourth-order valence-electron chi connectivity index (χ4n) is 4.14. The van der Waals surface area contributed by atoms with E-state index in [1.165, 1.54) is 0 Å². The molecule has 1 N–H and O–H groups in total. The van der Waals surface area contributed by atoms with Crippen molar-refractivity contribution in [3.8, 4) is 5.75 Å². The Labute approximate surface area is 204 Å². The van der Waals surface area contributed by atoms with E-state index in [0.29, 0.717) is 30.1 Å². The molecule has 176 valence electrons. The zero-order valence-electron chi connectivity index (χ0n) is 19.2. The molecular weight excluding hydrogens is 440 g/mol. The van der Waals surface area contributed by atoms with Crippen molar-refractivity contribution in [3.05, 3.63) is 114 Å². The Kier molecular flexibility index (Phi) is 6.57. The molecule has 35 heavy (non-hydrogen) atoms. The lowest BCUT2D eigenvalue weighted by molar-refractivity contribution is -0.127. The van der Waals surface area contributed by atoms with E-state index in [9.17, 15) is 9.59 Å². The zero-order chi connectivity index (χ0) is 24.0. The summed E-state index contributed by atoms with van der Waals surface area (Å²) in [5.74, 6) is 0.0436. The van der Waals surface area contributed by atoms with Crippen LogP contribution in [-0.4, -0.2) is 40.8 Å². The predicted molar refractivity (Wildman–Crippen MR) is 133 cm³/mol. The van der Waals surface area contributed by atoms with E-state index in [1.54, 1.807) is 28.0 Å². The van der Waals surface area contributed by atoms with Crippen molar-refractivity contribution in [1.29, 1.82) is 0 Å². The highest BCUT2D eigenvalue weighted by molar-refractivity contribution is 6.07. The van der Waals surface area contributed by atoms with Crippen LogP contribution in [0.15, 0.2) is 97.3 Å². The molecule has 1 aliphatic heterocycles. The van der Waals surface area contributed by atoms with Gasteiger partial charge in [0.25, 0.3) is 11.8 Å². The summed E-state index contributed by atoms with van der Waals surface area (Å²) in [5, 5.41) is 7.31. The third kappa shape index (κ3) is 5.24. The van der Waals surface area contributed by atoms with Crippen molar-refractivity contribution < 1.29 is 14.3 Å². The van der Waals surface area contributed by atoms with Crippen LogP contribution < -0.4 is 15.0 Å². The zero-order valence-corrected chi connectivity index (χ0v) is 19.2. The summed E-state index contributed by atoms with van der Waals surface area (Å²) >= 11 is 0. The number of fused-ring (bicyclic) bond motifs is 1. The number of nitrogens with one attached hydrogen (secondary N) is 1. The van der Waals surface area contributed by atoms with Gasteiger partial charge >= 0.3 is 0 Å². The number of rotatable bonds is 7. The molecule has 0 fully saturated rings. The lowest BCUT2D eigenvalue weighted by Crippen LogP contribution is -2.51. The summed E-state index contributed by atoms with van der Waals surface area (Å²) in [6, 6.07) is 27.2. The molecule has 0 radical (unpaired) electrons. The van der Waals surface area contributed by atoms with Crippen LogP contribution in [0.3, 0.4) is 0 Å². The maximum Gasteiger partial charge on any atom is 0.262 e. The summed E-state index contributed by atoms with van der Waals surface area (Å²) in [6.07, 6.45) is 3.23. The van der Waals surface area contributed by atoms with Crippen molar-refractivity contribution >= 4 is 17.5 Å². The van der Waals surface area contributed by atoms with Crippen molar-refractivity contribution in [2.24, 2.45) is 0 Å². The largest absolute Gasteiger partial charge is 0.477 e. The molecule has 2 heterocycles. The van der Waals surface area contributed by atoms with Gasteiger partial charge in [-0.2, -0.15) is 5.10 Å². The number of amides is 2. The number of hydrogen-bond acceptors (Lipinski definition) is 4. The molecule has 1 atom stereocenters. The van der Waals surface area contributed by atoms with Crippen molar-refractivity contribution in [3.63, 3.8) is 0 Å². The van der Waals surface area contributed by atoms with Gasteiger partial charge in [0.1, 0.15) is 5.75 Å². The summed E-state index contributed by atoms with van der Waals surface area (Å²) in [4.78, 5) is 28.0. The molecule has 0 saturated carbocycles. The van der Waals surface area contributed by atoms with E-state index < -0.39 is 6.10 Å². The van der Waals surface area contributed by atoms with Gasteiger partial charge in [0.05, 0.1) is 30.5 Å². The molecule has 3 aromatic carbocycles. The first kappa shape index (κ1) is 22.4. The van der Waals surface area contributed by atoms with Gasteiger partial charge in [0, 0.05) is 12.7 Å². The van der Waals surface area contributed by atoms with Gasteiger partial charge in [-0.15, -0.1) is 0 Å². The highest BCUT2D eigenvalue weighted by atomic mass is 16.5. The molecule has 7 heteroatoms. The first-order valence-corrected chi connectivity index (χ1v) is 11.6. The number of para-hydroxylation sites is 2. The van der Waals surface area contributed by atoms with Crippen LogP contribution in [0.2, 0.25) is 0 Å². The van der Waals surface area contributed by atoms with Crippen LogP contribution in [0.5, 0.6) is 5.75 Å². The van der Waals surface area contributed by atoms with Crippen LogP contribution in [0.25, 0.3) is 0 Å². The summed E-state index contributed by atoms with van der Waals surface area (Å²) in [5.41, 5.74) is 3.34. The maximum atomic E-state index is 13.5. The summed E-state index contributed by atoms with van der Waals surface area (Å²) < 4.78 is 7.71. The number of aromatic nitrogens is 2. The number of hydrogen-bond donors (Lipinski definition) is 1. The third-order valence-corrected chi connectivity index (χ3v) is 5.93. The fraction of sp³-hybridized carbons (Fsp3) is 0.179. The number of benzene rings is 3. The van der Waals surface area contributed by atoms with E-state index in [2.05, 4.69) is 10.4 Å². The molecule has 7 nitrogen and oxygen atoms in total. The Bertz CT molecular complexity index is 1300. The van der Waals surface area contributed by atoms with Gasteiger partial charge in [0.2, 0.25) is 0 Å². The van der Waals surface area contributed by atoms with E-state index in [1.807, 2.05) is 78.9 Å². The second-order valence-corrected chi connectivity index (χ2v) is 8.43. The highest BCUT2D eigenvalue weighted by Gasteiger charge is 2.34. The van der Waals surface area contributed by atoms with Crippen LogP contribution in [-0.2, 0) is 17.8 Å². The monoisotopic (exact) mass is 466 g/mol. The average Bonchev–Trinajstić information content (AvgIpc) is 3.37. The Hall–Kier alpha value is -4.39. The number of carbonyl (C=O) groups excluding carboxylic acids is 2. The fourth-order valence-corrected chi connectivity index (χ4v) is 4.14. The molecule has 2 amide bonds. The quantitative estimate of drug-likeness (QED) is 0.451. The first-order chi connectivity index (χ1) is 17.2. The van der Waals surface area contributed by atoms with Crippen LogP contribution in [0, 0.1) is 0 Å². The van der Waals surface area contributed by atoms with Gasteiger partial charge in [-0.05, 0) is 29.7 Å². The van der Waals surface area contributed by atoms with E-state index >= 15 is 0 Å². The summed E-state index contributed by atoms with van der Waals surface area (Å²) in [7, 11) is 0. The molecule has 0 spiro atoms. The second-order valence-electron chi connectivity index (χ2n) is 8.43. The molecule has 0 bridgehead atoms. The maximum absolute atomic E-state index is 13.5. The van der Waals surface area contributed by atoms with Crippen molar-refractivity contribution in [1.82, 2.24) is 15.1 Å². The van der Waals surface area contributed by atoms with Gasteiger partial charge in [-0.1, -0.05) is 72.8 Å². The third-order valence-electron chi connectivity index (χ3n) is 5.93. The van der Waals surface area contributed by atoms with Crippen molar-refractivity contribution in [2.75, 3.05) is 18.0 Å². The second kappa shape index (κ2) is 10.3. The minimum Gasteiger partial charge on any atom is -0.477 e. The Morgan fingerprint density at radius 2 is 1.60 bits per heavy atom. The lowest BCUT2D eigenvalue weighted by Gasteiger charge is -2.34. The highest BCUT2D eigenvalue weighted by Crippen LogP contribution is 2.34. The van der Waals surface area contributed by atoms with Gasteiger partial charge in [-0.25, -0.2) is 0 Å². The Balaban J connectivity index is 1.29. The molecule has 0 saturated heterocycles.